The van der Waals surface area contributed by atoms with E-state index in [2.05, 4.69) is 20.4 Å². The first kappa shape index (κ1) is 18.3. The van der Waals surface area contributed by atoms with Gasteiger partial charge in [-0.25, -0.2) is 9.67 Å². The summed E-state index contributed by atoms with van der Waals surface area (Å²) in [7, 11) is 0. The molecule has 8 heteroatoms. The zero-order valence-corrected chi connectivity index (χ0v) is 15.5. The van der Waals surface area contributed by atoms with Crippen molar-refractivity contribution < 1.29 is 4.79 Å². The van der Waals surface area contributed by atoms with Gasteiger partial charge in [-0.15, -0.1) is 0 Å². The number of aryl methyl sites for hydroxylation is 1. The highest BCUT2D eigenvalue weighted by Crippen LogP contribution is 2.18. The minimum absolute atomic E-state index is 0.215. The lowest BCUT2D eigenvalue weighted by Gasteiger charge is -2.09. The maximum atomic E-state index is 12.5. The lowest BCUT2D eigenvalue weighted by molar-refractivity contribution is -0.117. The summed E-state index contributed by atoms with van der Waals surface area (Å²) in [5.41, 5.74) is 1.20. The van der Waals surface area contributed by atoms with Crippen LogP contribution in [0.15, 0.2) is 70.4 Å². The molecule has 8 nitrogen and oxygen atoms in total. The molecule has 0 bridgehead atoms. The Morgan fingerprint density at radius 3 is 2.76 bits per heavy atom. The minimum Gasteiger partial charge on any atom is -0.324 e. The molecule has 1 amide bonds. The van der Waals surface area contributed by atoms with E-state index in [0.29, 0.717) is 28.2 Å². The standard InChI is InChI=1S/C21H17N5O3/c1-13-9-18(27)25-20(23-13)14-6-4-7-16(10-14)24-19(28)12-26-21(29)17-8-3-2-5-15(17)11-22-26/h2-11H,12H2,1H3,(H,24,28)(H,23,25,27). The first-order chi connectivity index (χ1) is 14.0. The zero-order chi connectivity index (χ0) is 20.4. The molecular weight excluding hydrogens is 370 g/mol. The molecule has 2 heterocycles. The third-order valence-electron chi connectivity index (χ3n) is 4.34. The van der Waals surface area contributed by atoms with Crippen LogP contribution in [-0.2, 0) is 11.3 Å². The van der Waals surface area contributed by atoms with E-state index in [1.54, 1.807) is 55.6 Å². The Labute approximate surface area is 164 Å². The molecule has 0 saturated carbocycles. The number of nitrogens with one attached hydrogen (secondary N) is 2. The van der Waals surface area contributed by atoms with Gasteiger partial charge >= 0.3 is 0 Å². The van der Waals surface area contributed by atoms with Crippen LogP contribution in [0.4, 0.5) is 5.69 Å². The third-order valence-corrected chi connectivity index (χ3v) is 4.34. The van der Waals surface area contributed by atoms with E-state index in [9.17, 15) is 14.4 Å². The average Bonchev–Trinajstić information content (AvgIpc) is 2.70. The molecule has 144 valence electrons. The average molecular weight is 387 g/mol. The van der Waals surface area contributed by atoms with Gasteiger partial charge in [-0.3, -0.25) is 14.4 Å². The zero-order valence-electron chi connectivity index (χ0n) is 15.5. The maximum absolute atomic E-state index is 12.5. The molecule has 29 heavy (non-hydrogen) atoms. The molecule has 0 atom stereocenters. The summed E-state index contributed by atoms with van der Waals surface area (Å²) >= 11 is 0. The number of anilines is 1. The van der Waals surface area contributed by atoms with Gasteiger partial charge in [0.1, 0.15) is 12.4 Å². The first-order valence-corrected chi connectivity index (χ1v) is 8.93. The van der Waals surface area contributed by atoms with Crippen molar-refractivity contribution in [2.45, 2.75) is 13.5 Å². The maximum Gasteiger partial charge on any atom is 0.275 e. The topological polar surface area (TPSA) is 110 Å². The Bertz CT molecular complexity index is 1340. The molecule has 0 spiro atoms. The Kier molecular flexibility index (Phi) is 4.74. The number of carbonyl (C=O) groups is 1. The smallest absolute Gasteiger partial charge is 0.275 e. The van der Waals surface area contributed by atoms with Gasteiger partial charge < -0.3 is 10.3 Å². The molecule has 0 saturated heterocycles. The van der Waals surface area contributed by atoms with Crippen molar-refractivity contribution in [1.82, 2.24) is 19.7 Å². The number of rotatable bonds is 4. The van der Waals surface area contributed by atoms with Crippen molar-refractivity contribution in [3.63, 3.8) is 0 Å². The van der Waals surface area contributed by atoms with Crippen molar-refractivity contribution in [3.05, 3.63) is 87.2 Å². The molecular formula is C21H17N5O3. The number of aromatic amines is 1. The molecule has 0 aliphatic rings. The van der Waals surface area contributed by atoms with E-state index in [1.807, 2.05) is 6.07 Å². The van der Waals surface area contributed by atoms with Gasteiger partial charge in [0.25, 0.3) is 11.1 Å². The lowest BCUT2D eigenvalue weighted by atomic mass is 10.2. The van der Waals surface area contributed by atoms with Gasteiger partial charge in [0.05, 0.1) is 11.6 Å². The van der Waals surface area contributed by atoms with Crippen molar-refractivity contribution in [2.24, 2.45) is 0 Å². The summed E-state index contributed by atoms with van der Waals surface area (Å²) in [6.45, 7) is 1.52. The van der Waals surface area contributed by atoms with Gasteiger partial charge in [0.2, 0.25) is 5.91 Å². The summed E-state index contributed by atoms with van der Waals surface area (Å²) in [4.78, 5) is 43.6. The van der Waals surface area contributed by atoms with Gasteiger partial charge in [-0.1, -0.05) is 30.3 Å². The van der Waals surface area contributed by atoms with E-state index >= 15 is 0 Å². The fourth-order valence-corrected chi connectivity index (χ4v) is 3.04. The quantitative estimate of drug-likeness (QED) is 0.557. The largest absolute Gasteiger partial charge is 0.324 e. The highest BCUT2D eigenvalue weighted by atomic mass is 16.2. The molecule has 0 aliphatic carbocycles. The van der Waals surface area contributed by atoms with Gasteiger partial charge in [-0.2, -0.15) is 5.10 Å². The van der Waals surface area contributed by atoms with Crippen molar-refractivity contribution in [2.75, 3.05) is 5.32 Å². The first-order valence-electron chi connectivity index (χ1n) is 8.93. The summed E-state index contributed by atoms with van der Waals surface area (Å²) < 4.78 is 1.13. The van der Waals surface area contributed by atoms with Crippen LogP contribution in [0.2, 0.25) is 0 Å². The Hall–Kier alpha value is -4.07. The second-order valence-electron chi connectivity index (χ2n) is 6.56. The Balaban J connectivity index is 1.56. The molecule has 2 N–H and O–H groups in total. The van der Waals surface area contributed by atoms with Crippen molar-refractivity contribution >= 4 is 22.4 Å². The molecule has 0 unspecified atom stereocenters. The van der Waals surface area contributed by atoms with Gasteiger partial charge in [0.15, 0.2) is 0 Å². The second-order valence-corrected chi connectivity index (χ2v) is 6.56. The van der Waals surface area contributed by atoms with E-state index in [4.69, 9.17) is 0 Å². The van der Waals surface area contributed by atoms with Crippen LogP contribution in [0.25, 0.3) is 22.2 Å². The number of hydrogen-bond donors (Lipinski definition) is 2. The summed E-state index contributed by atoms with van der Waals surface area (Å²) in [5.74, 6) is 0.0243. The number of nitrogens with zero attached hydrogens (tertiary/aromatic N) is 3. The summed E-state index contributed by atoms with van der Waals surface area (Å²) in [5, 5.41) is 8.04. The Morgan fingerprint density at radius 2 is 1.93 bits per heavy atom. The number of amides is 1. The van der Waals surface area contributed by atoms with Crippen LogP contribution in [0.5, 0.6) is 0 Å². The van der Waals surface area contributed by atoms with E-state index in [0.717, 1.165) is 10.1 Å². The number of hydrogen-bond acceptors (Lipinski definition) is 5. The molecule has 4 rings (SSSR count). The second kappa shape index (κ2) is 7.51. The predicted octanol–water partition coefficient (Wildman–Crippen LogP) is 2.09. The lowest BCUT2D eigenvalue weighted by Crippen LogP contribution is -2.29. The van der Waals surface area contributed by atoms with Gasteiger partial charge in [0, 0.05) is 28.4 Å². The molecule has 0 fully saturated rings. The Morgan fingerprint density at radius 1 is 1.10 bits per heavy atom. The monoisotopic (exact) mass is 387 g/mol. The van der Waals surface area contributed by atoms with Crippen LogP contribution >= 0.6 is 0 Å². The fourth-order valence-electron chi connectivity index (χ4n) is 3.04. The highest BCUT2D eigenvalue weighted by molar-refractivity contribution is 5.91. The van der Waals surface area contributed by atoms with Crippen LogP contribution in [-0.4, -0.2) is 25.7 Å². The summed E-state index contributed by atoms with van der Waals surface area (Å²) in [6.07, 6.45) is 1.56. The fraction of sp³-hybridized carbons (Fsp3) is 0.0952. The van der Waals surface area contributed by atoms with E-state index < -0.39 is 5.91 Å². The number of carbonyl (C=O) groups excluding carboxylic acids is 1. The van der Waals surface area contributed by atoms with E-state index in [-0.39, 0.29) is 17.7 Å². The molecule has 0 radical (unpaired) electrons. The number of fused-ring (bicyclic) bond motifs is 1. The molecule has 2 aromatic carbocycles. The van der Waals surface area contributed by atoms with Crippen molar-refractivity contribution in [3.8, 4) is 11.4 Å². The van der Waals surface area contributed by atoms with Crippen LogP contribution in [0.1, 0.15) is 5.69 Å². The molecule has 0 aliphatic heterocycles. The summed E-state index contributed by atoms with van der Waals surface area (Å²) in [6, 6.07) is 15.4. The van der Waals surface area contributed by atoms with E-state index in [1.165, 1.54) is 6.07 Å². The minimum atomic E-state index is -0.391. The number of aromatic nitrogens is 4. The van der Waals surface area contributed by atoms with Gasteiger partial charge in [-0.05, 0) is 25.1 Å². The SMILES string of the molecule is Cc1cc(=O)[nH]c(-c2cccc(NC(=O)Cn3ncc4ccccc4c3=O)c2)n1. The number of H-pyrrole nitrogens is 1. The van der Waals surface area contributed by atoms with Crippen LogP contribution in [0.3, 0.4) is 0 Å². The third kappa shape index (κ3) is 3.96. The normalized spacial score (nSPS) is 10.8. The predicted molar refractivity (Wildman–Crippen MR) is 110 cm³/mol. The molecule has 4 aromatic rings. The van der Waals surface area contributed by atoms with Crippen molar-refractivity contribution in [1.29, 1.82) is 0 Å². The van der Waals surface area contributed by atoms with Crippen LogP contribution in [0, 0.1) is 6.92 Å². The van der Waals surface area contributed by atoms with Crippen LogP contribution < -0.4 is 16.4 Å². The highest BCUT2D eigenvalue weighted by Gasteiger charge is 2.10. The number of benzene rings is 2. The molecule has 2 aromatic heterocycles.